The van der Waals surface area contributed by atoms with Crippen molar-refractivity contribution in [2.24, 2.45) is 5.41 Å². The number of hydrogen-bond acceptors (Lipinski definition) is 0. The fourth-order valence-electron chi connectivity index (χ4n) is 1.18. The Bertz CT molecular complexity index is 98.9. The summed E-state index contributed by atoms with van der Waals surface area (Å²) in [5, 5.41) is 1.08. The van der Waals surface area contributed by atoms with Crippen molar-refractivity contribution >= 4 is 15.9 Å². The highest BCUT2D eigenvalue weighted by Gasteiger charge is 2.19. The van der Waals surface area contributed by atoms with Gasteiger partial charge in [-0.2, -0.15) is 0 Å². The summed E-state index contributed by atoms with van der Waals surface area (Å²) in [6, 6.07) is 0. The van der Waals surface area contributed by atoms with Gasteiger partial charge in [0.15, 0.2) is 0 Å². The van der Waals surface area contributed by atoms with Crippen molar-refractivity contribution in [3.8, 4) is 0 Å². The molecule has 60 valence electrons. The Kier molecular flexibility index (Phi) is 5.06. The molecule has 0 bridgehead atoms. The zero-order chi connectivity index (χ0) is 8.04. The zero-order valence-corrected chi connectivity index (χ0v) is 8.58. The van der Waals surface area contributed by atoms with E-state index in [1.165, 1.54) is 12.8 Å². The molecule has 0 saturated heterocycles. The van der Waals surface area contributed by atoms with Gasteiger partial charge in [-0.15, -0.1) is 6.58 Å². The van der Waals surface area contributed by atoms with Gasteiger partial charge in [-0.25, -0.2) is 0 Å². The van der Waals surface area contributed by atoms with Crippen LogP contribution in [0.15, 0.2) is 12.7 Å². The largest absolute Gasteiger partial charge is 0.103 e. The standard InChI is InChI=1S/C9H17Br/c1-4-6-9(3,8-10)7-5-2/h4H,1,5-8H2,2-3H3. The van der Waals surface area contributed by atoms with Crippen LogP contribution in [0, 0.1) is 5.41 Å². The molecule has 0 nitrogen and oxygen atoms in total. The van der Waals surface area contributed by atoms with Gasteiger partial charge >= 0.3 is 0 Å². The Labute approximate surface area is 72.8 Å². The summed E-state index contributed by atoms with van der Waals surface area (Å²) in [6.07, 6.45) is 5.67. The first-order chi connectivity index (χ1) is 4.68. The maximum absolute atomic E-state index is 3.76. The topological polar surface area (TPSA) is 0 Å². The van der Waals surface area contributed by atoms with Crippen molar-refractivity contribution in [2.75, 3.05) is 5.33 Å². The summed E-state index contributed by atoms with van der Waals surface area (Å²) in [5.41, 5.74) is 0.441. The van der Waals surface area contributed by atoms with Crippen LogP contribution in [0.25, 0.3) is 0 Å². The van der Waals surface area contributed by atoms with Gasteiger partial charge in [0.1, 0.15) is 0 Å². The van der Waals surface area contributed by atoms with Crippen molar-refractivity contribution in [3.05, 3.63) is 12.7 Å². The smallest absolute Gasteiger partial charge is 0.00882 e. The summed E-state index contributed by atoms with van der Waals surface area (Å²) in [7, 11) is 0. The lowest BCUT2D eigenvalue weighted by Gasteiger charge is -2.24. The van der Waals surface area contributed by atoms with Crippen LogP contribution in [-0.2, 0) is 0 Å². The Hall–Kier alpha value is 0.220. The minimum Gasteiger partial charge on any atom is -0.103 e. The van der Waals surface area contributed by atoms with Gasteiger partial charge in [0.2, 0.25) is 0 Å². The molecule has 0 rings (SSSR count). The lowest BCUT2D eigenvalue weighted by molar-refractivity contribution is 0.348. The number of allylic oxidation sites excluding steroid dienone is 1. The normalized spacial score (nSPS) is 16.3. The van der Waals surface area contributed by atoms with Crippen LogP contribution in [0.4, 0.5) is 0 Å². The van der Waals surface area contributed by atoms with E-state index in [9.17, 15) is 0 Å². The SMILES string of the molecule is C=CCC(C)(CBr)CCC. The molecule has 0 amide bonds. The predicted molar refractivity (Wildman–Crippen MR) is 51.6 cm³/mol. The van der Waals surface area contributed by atoms with Gasteiger partial charge in [-0.1, -0.05) is 42.3 Å². The van der Waals surface area contributed by atoms with Crippen LogP contribution < -0.4 is 0 Å². The molecule has 0 radical (unpaired) electrons. The summed E-state index contributed by atoms with van der Waals surface area (Å²) < 4.78 is 0. The monoisotopic (exact) mass is 204 g/mol. The van der Waals surface area contributed by atoms with Gasteiger partial charge in [-0.3, -0.25) is 0 Å². The van der Waals surface area contributed by atoms with E-state index in [-0.39, 0.29) is 0 Å². The minimum absolute atomic E-state index is 0.441. The van der Waals surface area contributed by atoms with Crippen molar-refractivity contribution in [3.63, 3.8) is 0 Å². The van der Waals surface area contributed by atoms with Crippen LogP contribution in [0.5, 0.6) is 0 Å². The van der Waals surface area contributed by atoms with E-state index in [1.807, 2.05) is 6.08 Å². The van der Waals surface area contributed by atoms with Crippen LogP contribution in [0.3, 0.4) is 0 Å². The summed E-state index contributed by atoms with van der Waals surface area (Å²) in [6.45, 7) is 8.28. The molecule has 0 aromatic rings. The number of alkyl halides is 1. The molecule has 0 aromatic carbocycles. The molecule has 0 aliphatic heterocycles. The highest BCUT2D eigenvalue weighted by Crippen LogP contribution is 2.29. The average Bonchev–Trinajstić information content (AvgIpc) is 1.89. The minimum atomic E-state index is 0.441. The third-order valence-electron chi connectivity index (χ3n) is 1.81. The zero-order valence-electron chi connectivity index (χ0n) is 6.99. The molecular weight excluding hydrogens is 188 g/mol. The lowest BCUT2D eigenvalue weighted by atomic mass is 9.85. The van der Waals surface area contributed by atoms with Crippen LogP contribution in [0.2, 0.25) is 0 Å². The second-order valence-corrected chi connectivity index (χ2v) is 3.75. The number of halogens is 1. The Balaban J connectivity index is 3.80. The van der Waals surface area contributed by atoms with E-state index in [0.29, 0.717) is 5.41 Å². The third kappa shape index (κ3) is 3.40. The second-order valence-electron chi connectivity index (χ2n) is 3.19. The molecule has 1 unspecified atom stereocenters. The molecule has 10 heavy (non-hydrogen) atoms. The van der Waals surface area contributed by atoms with Crippen molar-refractivity contribution < 1.29 is 0 Å². The average molecular weight is 205 g/mol. The molecule has 0 aromatic heterocycles. The lowest BCUT2D eigenvalue weighted by Crippen LogP contribution is -2.16. The van der Waals surface area contributed by atoms with Crippen molar-refractivity contribution in [1.82, 2.24) is 0 Å². The van der Waals surface area contributed by atoms with E-state index in [4.69, 9.17) is 0 Å². The summed E-state index contributed by atoms with van der Waals surface area (Å²) >= 11 is 3.53. The molecule has 0 N–H and O–H groups in total. The molecule has 0 fully saturated rings. The Morgan fingerprint density at radius 1 is 1.60 bits per heavy atom. The molecule has 1 atom stereocenters. The van der Waals surface area contributed by atoms with E-state index < -0.39 is 0 Å². The maximum Gasteiger partial charge on any atom is 0.00882 e. The molecule has 0 spiro atoms. The van der Waals surface area contributed by atoms with E-state index in [2.05, 4.69) is 36.4 Å². The molecule has 0 aliphatic rings. The van der Waals surface area contributed by atoms with E-state index >= 15 is 0 Å². The van der Waals surface area contributed by atoms with Crippen molar-refractivity contribution in [2.45, 2.75) is 33.1 Å². The van der Waals surface area contributed by atoms with Crippen molar-refractivity contribution in [1.29, 1.82) is 0 Å². The second kappa shape index (κ2) is 4.95. The molecule has 0 heterocycles. The maximum atomic E-state index is 3.76. The van der Waals surface area contributed by atoms with Gasteiger partial charge in [0.05, 0.1) is 0 Å². The molecule has 1 heteroatoms. The van der Waals surface area contributed by atoms with Gasteiger partial charge in [0.25, 0.3) is 0 Å². The van der Waals surface area contributed by atoms with Gasteiger partial charge in [0, 0.05) is 5.33 Å². The fraction of sp³-hybridized carbons (Fsp3) is 0.778. The highest BCUT2D eigenvalue weighted by atomic mass is 79.9. The molecule has 0 aliphatic carbocycles. The third-order valence-corrected chi connectivity index (χ3v) is 3.17. The van der Waals surface area contributed by atoms with Gasteiger partial charge < -0.3 is 0 Å². The molecule has 0 saturated carbocycles. The first kappa shape index (κ1) is 10.2. The summed E-state index contributed by atoms with van der Waals surface area (Å²) in [5.74, 6) is 0. The van der Waals surface area contributed by atoms with Crippen LogP contribution in [-0.4, -0.2) is 5.33 Å². The molecular formula is C9H17Br. The summed E-state index contributed by atoms with van der Waals surface area (Å²) in [4.78, 5) is 0. The Morgan fingerprint density at radius 2 is 2.20 bits per heavy atom. The predicted octanol–water partition coefficient (Wildman–Crippen LogP) is 3.76. The van der Waals surface area contributed by atoms with Crippen LogP contribution >= 0.6 is 15.9 Å². The number of hydrogen-bond donors (Lipinski definition) is 0. The van der Waals surface area contributed by atoms with E-state index in [1.54, 1.807) is 0 Å². The highest BCUT2D eigenvalue weighted by molar-refractivity contribution is 9.09. The van der Waals surface area contributed by atoms with E-state index in [0.717, 1.165) is 11.8 Å². The van der Waals surface area contributed by atoms with Crippen LogP contribution in [0.1, 0.15) is 33.1 Å². The number of rotatable bonds is 5. The van der Waals surface area contributed by atoms with Gasteiger partial charge in [-0.05, 0) is 18.3 Å². The first-order valence-corrected chi connectivity index (χ1v) is 4.97. The fourth-order valence-corrected chi connectivity index (χ4v) is 1.68. The Morgan fingerprint density at radius 3 is 2.50 bits per heavy atom. The first-order valence-electron chi connectivity index (χ1n) is 3.85. The quantitative estimate of drug-likeness (QED) is 0.473.